The Bertz CT molecular complexity index is 181. The summed E-state index contributed by atoms with van der Waals surface area (Å²) in [5, 5.41) is 28.0. The highest BCUT2D eigenvalue weighted by Gasteiger charge is 2.23. The van der Waals surface area contributed by atoms with E-state index >= 15 is 0 Å². The van der Waals surface area contributed by atoms with Gasteiger partial charge in [-0.05, 0) is 0 Å². The van der Waals surface area contributed by atoms with Gasteiger partial charge in [0.25, 0.3) is 0 Å². The van der Waals surface area contributed by atoms with E-state index in [-0.39, 0.29) is 6.54 Å². The predicted octanol–water partition coefficient (Wildman–Crippen LogP) is -2.07. The Kier molecular flexibility index (Phi) is 4.24. The second kappa shape index (κ2) is 4.68. The van der Waals surface area contributed by atoms with Gasteiger partial charge < -0.3 is 20.6 Å². The van der Waals surface area contributed by atoms with Crippen molar-refractivity contribution < 1.29 is 24.9 Å². The van der Waals surface area contributed by atoms with Gasteiger partial charge in [-0.25, -0.2) is 4.79 Å². The Morgan fingerprint density at radius 2 is 1.92 bits per heavy atom. The van der Waals surface area contributed by atoms with Gasteiger partial charge in [-0.2, -0.15) is 0 Å². The van der Waals surface area contributed by atoms with E-state index in [1.165, 1.54) is 6.92 Å². The van der Waals surface area contributed by atoms with E-state index < -0.39 is 24.1 Å². The Morgan fingerprint density at radius 3 is 2.25 bits per heavy atom. The zero-order valence-electron chi connectivity index (χ0n) is 6.52. The Labute approximate surface area is 68.8 Å². The number of carbonyl (C=O) groups is 2. The van der Waals surface area contributed by atoms with E-state index in [0.29, 0.717) is 0 Å². The zero-order chi connectivity index (χ0) is 9.72. The molecular weight excluding hydrogens is 166 g/mol. The summed E-state index contributed by atoms with van der Waals surface area (Å²) in [7, 11) is 0. The van der Waals surface area contributed by atoms with Crippen LogP contribution in [0, 0.1) is 0 Å². The van der Waals surface area contributed by atoms with Crippen LogP contribution in [-0.2, 0) is 9.59 Å². The van der Waals surface area contributed by atoms with E-state index in [9.17, 15) is 9.59 Å². The summed E-state index contributed by atoms with van der Waals surface area (Å²) in [6.07, 6.45) is -3.34. The third kappa shape index (κ3) is 3.89. The third-order valence-electron chi connectivity index (χ3n) is 1.18. The summed E-state index contributed by atoms with van der Waals surface area (Å²) in [4.78, 5) is 20.4. The Morgan fingerprint density at radius 1 is 1.42 bits per heavy atom. The highest BCUT2D eigenvalue weighted by atomic mass is 16.4. The van der Waals surface area contributed by atoms with E-state index in [4.69, 9.17) is 15.3 Å². The van der Waals surface area contributed by atoms with Gasteiger partial charge in [0.2, 0.25) is 5.91 Å². The van der Waals surface area contributed by atoms with Crippen LogP contribution in [0.3, 0.4) is 0 Å². The van der Waals surface area contributed by atoms with Gasteiger partial charge in [0, 0.05) is 13.5 Å². The summed E-state index contributed by atoms with van der Waals surface area (Å²) in [6.45, 7) is 0.947. The molecule has 4 N–H and O–H groups in total. The average molecular weight is 177 g/mol. The number of amides is 1. The minimum Gasteiger partial charge on any atom is -0.479 e. The number of carbonyl (C=O) groups excluding carboxylic acids is 1. The Balaban J connectivity index is 3.79. The van der Waals surface area contributed by atoms with Crippen molar-refractivity contribution in [3.8, 4) is 0 Å². The van der Waals surface area contributed by atoms with Gasteiger partial charge in [0.1, 0.15) is 6.10 Å². The molecule has 0 bridgehead atoms. The number of aliphatic carboxylic acids is 1. The fourth-order valence-electron chi connectivity index (χ4n) is 0.525. The third-order valence-corrected chi connectivity index (χ3v) is 1.18. The molecule has 0 heterocycles. The fourth-order valence-corrected chi connectivity index (χ4v) is 0.525. The first-order valence-corrected chi connectivity index (χ1v) is 3.28. The minimum atomic E-state index is -1.86. The van der Waals surface area contributed by atoms with Crippen molar-refractivity contribution in [1.29, 1.82) is 0 Å². The summed E-state index contributed by atoms with van der Waals surface area (Å²) in [6, 6.07) is 0. The molecule has 0 rings (SSSR count). The van der Waals surface area contributed by atoms with Crippen LogP contribution >= 0.6 is 0 Å². The molecule has 70 valence electrons. The van der Waals surface area contributed by atoms with Crippen LogP contribution in [0.2, 0.25) is 0 Å². The molecule has 0 saturated carbocycles. The van der Waals surface area contributed by atoms with Crippen molar-refractivity contribution in [2.75, 3.05) is 6.54 Å². The van der Waals surface area contributed by atoms with Crippen molar-refractivity contribution in [3.05, 3.63) is 0 Å². The van der Waals surface area contributed by atoms with Crippen LogP contribution in [0.5, 0.6) is 0 Å². The number of hydrogen-bond acceptors (Lipinski definition) is 4. The highest BCUT2D eigenvalue weighted by Crippen LogP contribution is 1.91. The molecule has 0 aromatic rings. The monoisotopic (exact) mass is 177 g/mol. The van der Waals surface area contributed by atoms with Crippen LogP contribution in [0.25, 0.3) is 0 Å². The largest absolute Gasteiger partial charge is 0.479 e. The van der Waals surface area contributed by atoms with E-state index in [0.717, 1.165) is 0 Å². The Hall–Kier alpha value is -1.14. The molecule has 0 radical (unpaired) electrons. The molecule has 2 atom stereocenters. The van der Waals surface area contributed by atoms with E-state index in [2.05, 4.69) is 5.32 Å². The molecule has 0 aliphatic carbocycles. The number of aliphatic hydroxyl groups excluding tert-OH is 2. The molecule has 1 amide bonds. The van der Waals surface area contributed by atoms with Crippen LogP contribution in [0.15, 0.2) is 0 Å². The SMILES string of the molecule is CC(=O)NCC(O)C(O)C(=O)O. The fraction of sp³-hybridized carbons (Fsp3) is 0.667. The van der Waals surface area contributed by atoms with Gasteiger partial charge in [-0.1, -0.05) is 0 Å². The lowest BCUT2D eigenvalue weighted by molar-refractivity contribution is -0.152. The molecule has 6 nitrogen and oxygen atoms in total. The number of aliphatic hydroxyl groups is 2. The lowest BCUT2D eigenvalue weighted by Gasteiger charge is -2.13. The summed E-state index contributed by atoms with van der Waals surface area (Å²) in [5.41, 5.74) is 0. The van der Waals surface area contributed by atoms with Crippen LogP contribution in [-0.4, -0.2) is 45.9 Å². The zero-order valence-corrected chi connectivity index (χ0v) is 6.52. The number of carboxylic acids is 1. The minimum absolute atomic E-state index is 0.275. The average Bonchev–Trinajstić information content (AvgIpc) is 1.98. The molecule has 0 aromatic heterocycles. The summed E-state index contributed by atoms with van der Waals surface area (Å²) >= 11 is 0. The van der Waals surface area contributed by atoms with E-state index in [1.54, 1.807) is 0 Å². The van der Waals surface area contributed by atoms with E-state index in [1.807, 2.05) is 0 Å². The molecule has 0 fully saturated rings. The molecule has 0 aromatic carbocycles. The van der Waals surface area contributed by atoms with Crippen molar-refractivity contribution >= 4 is 11.9 Å². The van der Waals surface area contributed by atoms with Gasteiger partial charge in [-0.3, -0.25) is 4.79 Å². The lowest BCUT2D eigenvalue weighted by atomic mass is 10.2. The number of nitrogens with one attached hydrogen (secondary N) is 1. The standard InChI is InChI=1S/C6H11NO5/c1-3(8)7-2-4(9)5(10)6(11)12/h4-5,9-10H,2H2,1H3,(H,7,8)(H,11,12). The quantitative estimate of drug-likeness (QED) is 0.394. The smallest absolute Gasteiger partial charge is 0.335 e. The lowest BCUT2D eigenvalue weighted by Crippen LogP contribution is -2.42. The van der Waals surface area contributed by atoms with Crippen molar-refractivity contribution in [2.24, 2.45) is 0 Å². The first-order valence-electron chi connectivity index (χ1n) is 3.28. The molecule has 0 aliphatic rings. The van der Waals surface area contributed by atoms with Crippen molar-refractivity contribution in [3.63, 3.8) is 0 Å². The van der Waals surface area contributed by atoms with Crippen LogP contribution in [0.1, 0.15) is 6.92 Å². The van der Waals surface area contributed by atoms with Gasteiger partial charge in [-0.15, -0.1) is 0 Å². The van der Waals surface area contributed by atoms with Gasteiger partial charge in [0.15, 0.2) is 6.10 Å². The molecule has 12 heavy (non-hydrogen) atoms. The van der Waals surface area contributed by atoms with Crippen LogP contribution in [0.4, 0.5) is 0 Å². The molecule has 0 saturated heterocycles. The number of hydrogen-bond donors (Lipinski definition) is 4. The van der Waals surface area contributed by atoms with Crippen molar-refractivity contribution in [2.45, 2.75) is 19.1 Å². The molecule has 0 spiro atoms. The van der Waals surface area contributed by atoms with Gasteiger partial charge in [0.05, 0.1) is 0 Å². The molecule has 0 aliphatic heterocycles. The predicted molar refractivity (Wildman–Crippen MR) is 38.3 cm³/mol. The topological polar surface area (TPSA) is 107 Å². The molecule has 6 heteroatoms. The maximum Gasteiger partial charge on any atom is 0.335 e. The molecule has 2 unspecified atom stereocenters. The number of carboxylic acid groups (broad SMARTS) is 1. The maximum absolute atomic E-state index is 10.3. The molecular formula is C6H11NO5. The summed E-state index contributed by atoms with van der Waals surface area (Å²) < 4.78 is 0. The second-order valence-corrected chi connectivity index (χ2v) is 2.29. The second-order valence-electron chi connectivity index (χ2n) is 2.29. The highest BCUT2D eigenvalue weighted by molar-refractivity contribution is 5.74. The first-order chi connectivity index (χ1) is 5.45. The number of rotatable bonds is 4. The first kappa shape index (κ1) is 10.9. The maximum atomic E-state index is 10.3. The van der Waals surface area contributed by atoms with Crippen LogP contribution < -0.4 is 5.32 Å². The van der Waals surface area contributed by atoms with Gasteiger partial charge >= 0.3 is 5.97 Å². The normalized spacial score (nSPS) is 14.9. The summed E-state index contributed by atoms with van der Waals surface area (Å²) in [5.74, 6) is -1.92. The van der Waals surface area contributed by atoms with Crippen molar-refractivity contribution in [1.82, 2.24) is 5.32 Å².